The molecule has 0 bridgehead atoms. The van der Waals surface area contributed by atoms with Gasteiger partial charge in [-0.1, -0.05) is 424 Å². The van der Waals surface area contributed by atoms with Gasteiger partial charge in [-0.2, -0.15) is 0 Å². The van der Waals surface area contributed by atoms with Crippen molar-refractivity contribution < 1.29 is 0 Å². The van der Waals surface area contributed by atoms with Crippen LogP contribution >= 0.6 is 0 Å². The SMILES string of the molecule is C[Si]1(C)c2ccccc2-c2cc(N(c3cccc(-c4cccc5ccccc45)c3)c3ccc4c(c3)[Si](C)(C)c3ccccc3-4)ccc21.C[Si]1(C)c2ccccc2-c2ccc(N(c3ccc(-c4ccc5ccccc5c4)cc3)c3ccc4c(c3)[Si](C)(C)c3ccccc3-4)cc21.C[Si]1(C)c2ccccc2-c2ccc(N(c3ccc(-c4cccc5ccccc45)cc3)c3cccc4c3-c3ccccc3[Si]4(C)C)cc21. The highest BCUT2D eigenvalue weighted by molar-refractivity contribution is 7.07. The third-order valence-electron chi connectivity index (χ3n) is 32.6. The Labute approximate surface area is 835 Å². The molecular formula is C132H111N3Si6. The molecule has 0 atom stereocenters. The maximum atomic E-state index is 2.53. The lowest BCUT2D eigenvalue weighted by molar-refractivity contribution is 1.29. The highest BCUT2D eigenvalue weighted by Gasteiger charge is 2.45. The molecular weight excluding hydrogens is 1800 g/mol. The highest BCUT2D eigenvalue weighted by Crippen LogP contribution is 2.49. The second-order valence-corrected chi connectivity index (χ2v) is 68.6. The van der Waals surface area contributed by atoms with Crippen LogP contribution in [0.5, 0.6) is 0 Å². The summed E-state index contributed by atoms with van der Waals surface area (Å²) in [6.07, 6.45) is 0. The van der Waals surface area contributed by atoms with Crippen LogP contribution in [0.3, 0.4) is 0 Å². The summed E-state index contributed by atoms with van der Waals surface area (Å²) in [4.78, 5) is 7.52. The first-order chi connectivity index (χ1) is 68.5. The van der Waals surface area contributed by atoms with Gasteiger partial charge in [0.05, 0.1) is 5.69 Å². The first-order valence-corrected chi connectivity index (χ1v) is 68.1. The van der Waals surface area contributed by atoms with Crippen molar-refractivity contribution in [2.24, 2.45) is 0 Å². The van der Waals surface area contributed by atoms with E-state index in [4.69, 9.17) is 0 Å². The van der Waals surface area contributed by atoms with E-state index in [1.807, 2.05) is 0 Å². The molecule has 0 spiro atoms. The third-order valence-corrected chi connectivity index (χ3v) is 53.9. The number of hydrogen-bond donors (Lipinski definition) is 0. The molecule has 0 saturated heterocycles. The summed E-state index contributed by atoms with van der Waals surface area (Å²) < 4.78 is 0. The Morgan fingerprint density at radius 2 is 0.418 bits per heavy atom. The Morgan fingerprint density at radius 1 is 0.135 bits per heavy atom. The minimum absolute atomic E-state index is 1.17. The average Bonchev–Trinajstić information content (AvgIpc) is 1.57. The topological polar surface area (TPSA) is 9.72 Å². The summed E-state index contributed by atoms with van der Waals surface area (Å²) in [5.41, 5.74) is 35.3. The number of fused-ring (bicyclic) bond motifs is 21. The summed E-state index contributed by atoms with van der Waals surface area (Å²) in [5.74, 6) is 0. The summed E-state index contributed by atoms with van der Waals surface area (Å²) in [5, 5.41) is 26.0. The van der Waals surface area contributed by atoms with Crippen LogP contribution in [0.2, 0.25) is 78.6 Å². The molecule has 6 heterocycles. The van der Waals surface area contributed by atoms with Gasteiger partial charge in [-0.15, -0.1) is 0 Å². The zero-order valence-corrected chi connectivity index (χ0v) is 88.1. The van der Waals surface area contributed by atoms with E-state index in [1.54, 1.807) is 20.7 Å². The molecule has 6 aliphatic heterocycles. The molecule has 27 rings (SSSR count). The Kier molecular flexibility index (Phi) is 20.8. The summed E-state index contributed by atoms with van der Waals surface area (Å²) >= 11 is 0. The fourth-order valence-corrected chi connectivity index (χ4v) is 43.7. The molecule has 0 saturated carbocycles. The number of nitrogens with zero attached hydrogens (tertiary/aromatic N) is 3. The van der Waals surface area contributed by atoms with Gasteiger partial charge in [-0.25, -0.2) is 0 Å². The monoisotopic (exact) mass is 1910 g/mol. The third kappa shape index (κ3) is 14.1. The van der Waals surface area contributed by atoms with Crippen molar-refractivity contribution in [1.82, 2.24) is 0 Å². The smallest absolute Gasteiger partial charge is 0.113 e. The molecule has 21 aromatic carbocycles. The molecule has 0 unspecified atom stereocenters. The van der Waals surface area contributed by atoms with Gasteiger partial charge in [0.25, 0.3) is 0 Å². The van der Waals surface area contributed by atoms with Crippen molar-refractivity contribution in [2.75, 3.05) is 14.7 Å². The summed E-state index contributed by atoms with van der Waals surface area (Å²) in [7, 11) is -11.0. The van der Waals surface area contributed by atoms with Crippen LogP contribution in [0.4, 0.5) is 51.2 Å². The second kappa shape index (κ2) is 33.4. The summed E-state index contributed by atoms with van der Waals surface area (Å²) in [6.45, 7) is 30.0. The molecule has 0 N–H and O–H groups in total. The quantitative estimate of drug-likeness (QED) is 0.113. The molecule has 0 aliphatic carbocycles. The van der Waals surface area contributed by atoms with E-state index < -0.39 is 48.4 Å². The van der Waals surface area contributed by atoms with E-state index >= 15 is 0 Å². The molecule has 9 heteroatoms. The molecule has 0 aromatic heterocycles. The van der Waals surface area contributed by atoms with Crippen LogP contribution in [0.1, 0.15) is 0 Å². The van der Waals surface area contributed by atoms with Crippen LogP contribution in [0.15, 0.2) is 455 Å². The Bertz CT molecular complexity index is 8600. The molecule has 21 aromatic rings. The van der Waals surface area contributed by atoms with Crippen LogP contribution in [0.25, 0.3) is 132 Å². The van der Waals surface area contributed by atoms with Gasteiger partial charge in [0.2, 0.25) is 0 Å². The number of anilines is 9. The maximum absolute atomic E-state index is 2.53. The zero-order chi connectivity index (χ0) is 95.7. The number of benzene rings is 21. The van der Waals surface area contributed by atoms with Gasteiger partial charge in [-0.3, -0.25) is 0 Å². The van der Waals surface area contributed by atoms with Gasteiger partial charge < -0.3 is 14.7 Å². The van der Waals surface area contributed by atoms with E-state index in [1.165, 1.54) is 225 Å². The number of hydrogen-bond acceptors (Lipinski definition) is 3. The minimum Gasteiger partial charge on any atom is -0.311 e. The Hall–Kier alpha value is -14.9. The van der Waals surface area contributed by atoms with Crippen LogP contribution in [-0.4, -0.2) is 48.4 Å². The van der Waals surface area contributed by atoms with Crippen molar-refractivity contribution in [3.8, 4) is 100 Å². The standard InChI is InChI=1S/3C44H37NSi2/c1-46(2)42-22-10-8-19-38(42)40-28-33(24-26-43(40)46)45(34-23-25-39-37-18-7-9-21-41(37)47(3,4)44(39)29-34)32-16-11-15-31(27-32)36-20-12-14-30-13-5-6-17-35(30)36;1-46(2)41-21-10-8-17-38(41)44-39(19-12-22-42(44)46)45(33-27-28-37-36-16-7-9-20-40(36)47(3,4)43(37)29-33)32-25-23-31(24-26-32)35-18-11-14-30-13-5-6-15-34(30)35;1-46(2)41-15-9-7-13-37(41)39-25-23-35(28-43(39)46)45(36-24-26-40-38-14-8-10-16-42(38)47(3,4)44(40)29-36)34-21-19-31(20-22-34)33-18-17-30-11-5-6-12-32(30)27-33/h3*5-29H,1-4H3. The molecule has 0 fully saturated rings. The average molecular weight is 1910 g/mol. The predicted molar refractivity (Wildman–Crippen MR) is 625 cm³/mol. The van der Waals surface area contributed by atoms with Crippen molar-refractivity contribution in [2.45, 2.75) is 78.6 Å². The van der Waals surface area contributed by atoms with Crippen molar-refractivity contribution >= 4 is 194 Å². The minimum atomic E-state index is -1.86. The maximum Gasteiger partial charge on any atom is 0.113 e. The molecule has 678 valence electrons. The first-order valence-electron chi connectivity index (χ1n) is 50.1. The van der Waals surface area contributed by atoms with E-state index in [0.29, 0.717) is 0 Å². The van der Waals surface area contributed by atoms with Crippen molar-refractivity contribution in [3.05, 3.63) is 455 Å². The highest BCUT2D eigenvalue weighted by atomic mass is 28.3. The summed E-state index contributed by atoms with van der Waals surface area (Å²) in [6, 6.07) is 171. The van der Waals surface area contributed by atoms with E-state index in [9.17, 15) is 0 Å². The lowest BCUT2D eigenvalue weighted by Gasteiger charge is -2.30. The fourth-order valence-electron chi connectivity index (χ4n) is 25.1. The van der Waals surface area contributed by atoms with Crippen LogP contribution < -0.4 is 76.9 Å². The molecule has 6 aliphatic rings. The van der Waals surface area contributed by atoms with Crippen molar-refractivity contribution in [3.63, 3.8) is 0 Å². The van der Waals surface area contributed by atoms with E-state index in [2.05, 4.69) is 548 Å². The van der Waals surface area contributed by atoms with Crippen LogP contribution in [-0.2, 0) is 0 Å². The lowest BCUT2D eigenvalue weighted by atomic mass is 9.97. The largest absolute Gasteiger partial charge is 0.311 e. The molecule has 141 heavy (non-hydrogen) atoms. The second-order valence-electron chi connectivity index (χ2n) is 42.6. The number of rotatable bonds is 12. The van der Waals surface area contributed by atoms with Crippen LogP contribution in [0, 0.1) is 0 Å². The molecule has 3 nitrogen and oxygen atoms in total. The fraction of sp³-hybridized carbons (Fsp3) is 0.0909. The van der Waals surface area contributed by atoms with Gasteiger partial charge in [0, 0.05) is 51.1 Å². The normalized spacial score (nSPS) is 14.7. The van der Waals surface area contributed by atoms with E-state index in [0.717, 1.165) is 0 Å². The predicted octanol–water partition coefficient (Wildman–Crippen LogP) is 28.7. The van der Waals surface area contributed by atoms with Gasteiger partial charge in [0.1, 0.15) is 48.4 Å². The molecule has 0 amide bonds. The first kappa shape index (κ1) is 87.6. The van der Waals surface area contributed by atoms with Gasteiger partial charge in [0.15, 0.2) is 0 Å². The Morgan fingerprint density at radius 3 is 0.894 bits per heavy atom. The molecule has 0 radical (unpaired) electrons. The Balaban J connectivity index is 0.000000111. The lowest BCUT2D eigenvalue weighted by Crippen LogP contribution is -2.49. The van der Waals surface area contributed by atoms with Gasteiger partial charge >= 0.3 is 0 Å². The van der Waals surface area contributed by atoms with E-state index in [-0.39, 0.29) is 0 Å². The zero-order valence-electron chi connectivity index (χ0n) is 82.1. The van der Waals surface area contributed by atoms with Crippen molar-refractivity contribution in [1.29, 1.82) is 0 Å². The van der Waals surface area contributed by atoms with Gasteiger partial charge in [-0.05, 0) is 298 Å².